The summed E-state index contributed by atoms with van der Waals surface area (Å²) in [6, 6.07) is 12.9. The largest absolute Gasteiger partial charge is 0.545 e. The summed E-state index contributed by atoms with van der Waals surface area (Å²) >= 11 is 0. The lowest BCUT2D eigenvalue weighted by Gasteiger charge is -2.10. The van der Waals surface area contributed by atoms with Crippen LogP contribution in [0, 0.1) is 0 Å². The van der Waals surface area contributed by atoms with Gasteiger partial charge in [0, 0.05) is 12.1 Å². The number of carboxylic acids is 1. The van der Waals surface area contributed by atoms with Gasteiger partial charge < -0.3 is 20.0 Å². The van der Waals surface area contributed by atoms with Crippen molar-refractivity contribution in [1.82, 2.24) is 10.2 Å². The van der Waals surface area contributed by atoms with E-state index in [2.05, 4.69) is 5.32 Å². The summed E-state index contributed by atoms with van der Waals surface area (Å²) in [5.41, 5.74) is 1.71. The number of para-hydroxylation sites is 1. The molecule has 1 aliphatic heterocycles. The van der Waals surface area contributed by atoms with Gasteiger partial charge in [0.05, 0.1) is 5.97 Å². The second-order valence-electron chi connectivity index (χ2n) is 5.85. The van der Waals surface area contributed by atoms with Gasteiger partial charge in [-0.2, -0.15) is 0 Å². The third kappa shape index (κ3) is 3.98. The number of carboxylic acid groups (broad SMARTS) is 1. The molecule has 0 atom stereocenters. The Morgan fingerprint density at radius 1 is 1.15 bits per heavy atom. The van der Waals surface area contributed by atoms with Crippen LogP contribution < -0.4 is 15.2 Å². The zero-order chi connectivity index (χ0) is 19.4. The Hall–Kier alpha value is -3.61. The van der Waals surface area contributed by atoms with E-state index in [0.29, 0.717) is 17.9 Å². The van der Waals surface area contributed by atoms with Crippen molar-refractivity contribution in [2.75, 3.05) is 6.54 Å². The third-order valence-corrected chi connectivity index (χ3v) is 4.08. The molecule has 0 saturated carbocycles. The van der Waals surface area contributed by atoms with Gasteiger partial charge in [-0.1, -0.05) is 42.5 Å². The van der Waals surface area contributed by atoms with E-state index in [0.717, 1.165) is 10.5 Å². The Kier molecular flexibility index (Phi) is 5.21. The molecular formula is C20H17N2O5-. The molecular weight excluding hydrogens is 348 g/mol. The highest BCUT2D eigenvalue weighted by Gasteiger charge is 2.32. The summed E-state index contributed by atoms with van der Waals surface area (Å²) in [5.74, 6) is -1.08. The molecule has 27 heavy (non-hydrogen) atoms. The van der Waals surface area contributed by atoms with Crippen molar-refractivity contribution in [3.05, 3.63) is 70.9 Å². The van der Waals surface area contributed by atoms with Crippen molar-refractivity contribution >= 4 is 24.0 Å². The van der Waals surface area contributed by atoms with Crippen LogP contribution in [0.25, 0.3) is 6.08 Å². The molecule has 0 bridgehead atoms. The summed E-state index contributed by atoms with van der Waals surface area (Å²) in [6.07, 6.45) is 1.57. The van der Waals surface area contributed by atoms with E-state index in [1.54, 1.807) is 49.4 Å². The zero-order valence-corrected chi connectivity index (χ0v) is 14.6. The lowest BCUT2D eigenvalue weighted by molar-refractivity contribution is -0.255. The quantitative estimate of drug-likeness (QED) is 0.618. The molecule has 138 valence electrons. The molecule has 0 aliphatic carbocycles. The average Bonchev–Trinajstić information content (AvgIpc) is 2.94. The van der Waals surface area contributed by atoms with E-state index in [4.69, 9.17) is 4.74 Å². The molecule has 0 unspecified atom stereocenters. The first kappa shape index (κ1) is 18.2. The Balaban J connectivity index is 1.76. The number of benzene rings is 2. The number of amides is 3. The van der Waals surface area contributed by atoms with Gasteiger partial charge in [-0.15, -0.1) is 0 Å². The number of nitrogens with one attached hydrogen (secondary N) is 1. The molecule has 7 heteroatoms. The highest BCUT2D eigenvalue weighted by molar-refractivity contribution is 6.14. The first-order valence-electron chi connectivity index (χ1n) is 8.36. The van der Waals surface area contributed by atoms with Crippen LogP contribution in [0.1, 0.15) is 28.4 Å². The number of urea groups is 1. The smallest absolute Gasteiger partial charge is 0.328 e. The lowest BCUT2D eigenvalue weighted by atomic mass is 10.1. The SMILES string of the molecule is CCN1C(=O)N/C(=C/c2ccccc2OCc2ccc(C(=O)[O-])cc2)C1=O. The van der Waals surface area contributed by atoms with Gasteiger partial charge in [0.15, 0.2) is 0 Å². The van der Waals surface area contributed by atoms with E-state index in [1.165, 1.54) is 12.1 Å². The molecule has 0 aromatic heterocycles. The fourth-order valence-corrected chi connectivity index (χ4v) is 2.64. The van der Waals surface area contributed by atoms with Crippen LogP contribution in [0.3, 0.4) is 0 Å². The maximum Gasteiger partial charge on any atom is 0.328 e. The number of hydrogen-bond acceptors (Lipinski definition) is 5. The maximum absolute atomic E-state index is 12.2. The molecule has 2 aromatic rings. The van der Waals surface area contributed by atoms with Crippen molar-refractivity contribution in [2.24, 2.45) is 0 Å². The van der Waals surface area contributed by atoms with Crippen LogP contribution >= 0.6 is 0 Å². The van der Waals surface area contributed by atoms with Crippen LogP contribution in [-0.4, -0.2) is 29.4 Å². The molecule has 0 radical (unpaired) electrons. The molecule has 3 amide bonds. The van der Waals surface area contributed by atoms with E-state index in [1.807, 2.05) is 0 Å². The number of carbonyl (C=O) groups is 3. The van der Waals surface area contributed by atoms with Crippen molar-refractivity contribution in [1.29, 1.82) is 0 Å². The number of imide groups is 1. The minimum absolute atomic E-state index is 0.0971. The van der Waals surface area contributed by atoms with Gasteiger partial charge in [-0.3, -0.25) is 9.69 Å². The van der Waals surface area contributed by atoms with Gasteiger partial charge in [-0.05, 0) is 30.2 Å². The third-order valence-electron chi connectivity index (χ3n) is 4.08. The fraction of sp³-hybridized carbons (Fsp3) is 0.150. The normalized spacial score (nSPS) is 15.1. The first-order valence-corrected chi connectivity index (χ1v) is 8.36. The summed E-state index contributed by atoms with van der Waals surface area (Å²) in [5, 5.41) is 13.3. The van der Waals surface area contributed by atoms with Crippen LogP contribution in [0.2, 0.25) is 0 Å². The fourth-order valence-electron chi connectivity index (χ4n) is 2.64. The van der Waals surface area contributed by atoms with Crippen LogP contribution in [-0.2, 0) is 11.4 Å². The van der Waals surface area contributed by atoms with Gasteiger partial charge in [0.1, 0.15) is 18.1 Å². The Morgan fingerprint density at radius 2 is 1.85 bits per heavy atom. The molecule has 1 heterocycles. The Labute approximate surface area is 155 Å². The predicted octanol–water partition coefficient (Wildman–Crippen LogP) is 1.54. The summed E-state index contributed by atoms with van der Waals surface area (Å²) < 4.78 is 5.80. The van der Waals surface area contributed by atoms with E-state index >= 15 is 0 Å². The molecule has 1 aliphatic rings. The second kappa shape index (κ2) is 7.74. The highest BCUT2D eigenvalue weighted by Crippen LogP contribution is 2.23. The zero-order valence-electron chi connectivity index (χ0n) is 14.6. The van der Waals surface area contributed by atoms with Gasteiger partial charge in [0.25, 0.3) is 5.91 Å². The monoisotopic (exact) mass is 365 g/mol. The molecule has 2 aromatic carbocycles. The number of likely N-dealkylation sites (N-methyl/N-ethyl adjacent to an activating group) is 1. The molecule has 1 fully saturated rings. The number of carbonyl (C=O) groups excluding carboxylic acids is 3. The van der Waals surface area contributed by atoms with Crippen LogP contribution in [0.15, 0.2) is 54.2 Å². The molecule has 1 saturated heterocycles. The highest BCUT2D eigenvalue weighted by atomic mass is 16.5. The Morgan fingerprint density at radius 3 is 2.48 bits per heavy atom. The summed E-state index contributed by atoms with van der Waals surface area (Å²) in [7, 11) is 0. The maximum atomic E-state index is 12.2. The Bertz CT molecular complexity index is 918. The number of aromatic carboxylic acids is 1. The van der Waals surface area contributed by atoms with E-state index in [-0.39, 0.29) is 23.8 Å². The van der Waals surface area contributed by atoms with Crippen LogP contribution in [0.4, 0.5) is 4.79 Å². The minimum Gasteiger partial charge on any atom is -0.545 e. The van der Waals surface area contributed by atoms with E-state index in [9.17, 15) is 19.5 Å². The number of ether oxygens (including phenoxy) is 1. The van der Waals surface area contributed by atoms with Crippen molar-refractivity contribution in [3.8, 4) is 5.75 Å². The van der Waals surface area contributed by atoms with Crippen molar-refractivity contribution in [3.63, 3.8) is 0 Å². The van der Waals surface area contributed by atoms with Crippen LogP contribution in [0.5, 0.6) is 5.75 Å². The van der Waals surface area contributed by atoms with Gasteiger partial charge in [0.2, 0.25) is 0 Å². The number of hydrogen-bond donors (Lipinski definition) is 1. The molecule has 0 spiro atoms. The first-order chi connectivity index (χ1) is 13.0. The van der Waals surface area contributed by atoms with Gasteiger partial charge in [-0.25, -0.2) is 4.79 Å². The predicted molar refractivity (Wildman–Crippen MR) is 95.4 cm³/mol. The molecule has 7 nitrogen and oxygen atoms in total. The lowest BCUT2D eigenvalue weighted by Crippen LogP contribution is -2.30. The average molecular weight is 365 g/mol. The molecule has 3 rings (SSSR count). The van der Waals surface area contributed by atoms with E-state index < -0.39 is 12.0 Å². The summed E-state index contributed by atoms with van der Waals surface area (Å²) in [4.78, 5) is 35.9. The number of nitrogens with zero attached hydrogens (tertiary/aromatic N) is 1. The summed E-state index contributed by atoms with van der Waals surface area (Å²) in [6.45, 7) is 2.24. The molecule has 1 N–H and O–H groups in total. The second-order valence-corrected chi connectivity index (χ2v) is 5.85. The standard InChI is InChI=1S/C20H18N2O5/c1-2-22-18(23)16(21-20(22)26)11-15-5-3-4-6-17(15)27-12-13-7-9-14(10-8-13)19(24)25/h3-11H,2,12H2,1H3,(H,21,26)(H,24,25)/p-1/b16-11+. The topological polar surface area (TPSA) is 98.8 Å². The van der Waals surface area contributed by atoms with Gasteiger partial charge >= 0.3 is 6.03 Å². The minimum atomic E-state index is -1.23. The number of rotatable bonds is 6. The van der Waals surface area contributed by atoms with Crippen molar-refractivity contribution < 1.29 is 24.2 Å². The van der Waals surface area contributed by atoms with Crippen molar-refractivity contribution in [2.45, 2.75) is 13.5 Å².